The number of benzene rings is 1. The molecule has 2 rings (SSSR count). The number of carbonyl (C=O) groups excluding carboxylic acids is 1. The predicted octanol–water partition coefficient (Wildman–Crippen LogP) is 2.98. The molecule has 1 unspecified atom stereocenters. The molecule has 0 radical (unpaired) electrons. The van der Waals surface area contributed by atoms with E-state index in [4.69, 9.17) is 4.42 Å². The van der Waals surface area contributed by atoms with Gasteiger partial charge in [-0.1, -0.05) is 18.2 Å². The molecule has 98 valence electrons. The number of aliphatic hydroxyl groups excluding tert-OH is 1. The van der Waals surface area contributed by atoms with Crippen molar-refractivity contribution in [3.05, 3.63) is 60.1 Å². The van der Waals surface area contributed by atoms with Crippen molar-refractivity contribution >= 4 is 17.7 Å². The van der Waals surface area contributed by atoms with Gasteiger partial charge in [0, 0.05) is 17.3 Å². The van der Waals surface area contributed by atoms with E-state index in [-0.39, 0.29) is 5.91 Å². The van der Waals surface area contributed by atoms with Crippen LogP contribution in [0.3, 0.4) is 0 Å². The zero-order chi connectivity index (χ0) is 13.7. The van der Waals surface area contributed by atoms with Crippen LogP contribution in [0.15, 0.2) is 53.2 Å². The molecule has 19 heavy (non-hydrogen) atoms. The van der Waals surface area contributed by atoms with Gasteiger partial charge in [-0.25, -0.2) is 0 Å². The van der Waals surface area contributed by atoms with Crippen molar-refractivity contribution in [2.24, 2.45) is 0 Å². The van der Waals surface area contributed by atoms with Gasteiger partial charge in [-0.15, -0.1) is 0 Å². The molecule has 0 bridgehead atoms. The Labute approximate surface area is 111 Å². The maximum absolute atomic E-state index is 11.8. The molecule has 0 spiro atoms. The number of hydrogen-bond donors (Lipinski definition) is 2. The lowest BCUT2D eigenvalue weighted by molar-refractivity contribution is -0.111. The van der Waals surface area contributed by atoms with E-state index >= 15 is 0 Å². The molecule has 1 atom stereocenters. The van der Waals surface area contributed by atoms with Crippen LogP contribution in [0.2, 0.25) is 0 Å². The topological polar surface area (TPSA) is 62.5 Å². The van der Waals surface area contributed by atoms with Crippen LogP contribution in [-0.4, -0.2) is 11.0 Å². The summed E-state index contributed by atoms with van der Waals surface area (Å²) in [4.78, 5) is 11.8. The Morgan fingerprint density at radius 2 is 2.11 bits per heavy atom. The second kappa shape index (κ2) is 6.02. The molecule has 4 heteroatoms. The van der Waals surface area contributed by atoms with Crippen LogP contribution in [0.25, 0.3) is 6.08 Å². The van der Waals surface area contributed by atoms with Gasteiger partial charge >= 0.3 is 0 Å². The van der Waals surface area contributed by atoms with Crippen molar-refractivity contribution in [2.75, 3.05) is 5.32 Å². The van der Waals surface area contributed by atoms with Gasteiger partial charge in [-0.3, -0.25) is 4.79 Å². The van der Waals surface area contributed by atoms with Crippen LogP contribution in [0.5, 0.6) is 0 Å². The van der Waals surface area contributed by atoms with Crippen molar-refractivity contribution in [1.82, 2.24) is 0 Å². The second-order valence-corrected chi connectivity index (χ2v) is 4.10. The molecule has 0 saturated heterocycles. The Morgan fingerprint density at radius 1 is 1.32 bits per heavy atom. The van der Waals surface area contributed by atoms with E-state index in [0.717, 1.165) is 0 Å². The number of nitrogens with one attached hydrogen (secondary N) is 1. The van der Waals surface area contributed by atoms with Crippen LogP contribution in [0.1, 0.15) is 24.4 Å². The molecule has 0 aliphatic carbocycles. The van der Waals surface area contributed by atoms with Gasteiger partial charge in [-0.05, 0) is 31.2 Å². The molecule has 1 aromatic heterocycles. The minimum absolute atomic E-state index is 0.274. The smallest absolute Gasteiger partial charge is 0.248 e. The summed E-state index contributed by atoms with van der Waals surface area (Å²) in [6.45, 7) is 1.66. The highest BCUT2D eigenvalue weighted by Crippen LogP contribution is 2.22. The van der Waals surface area contributed by atoms with Gasteiger partial charge in [0.15, 0.2) is 0 Å². The first-order valence-electron chi connectivity index (χ1n) is 5.96. The molecular formula is C15H15NO3. The molecule has 0 saturated carbocycles. The van der Waals surface area contributed by atoms with Crippen LogP contribution in [0.4, 0.5) is 5.69 Å². The first-order valence-corrected chi connectivity index (χ1v) is 5.96. The van der Waals surface area contributed by atoms with Gasteiger partial charge in [0.1, 0.15) is 5.76 Å². The SMILES string of the molecule is CC(O)c1ccccc1NC(=O)C=Cc1ccco1. The molecule has 1 amide bonds. The average Bonchev–Trinajstić information content (AvgIpc) is 2.90. The third-order valence-electron chi connectivity index (χ3n) is 2.61. The fraction of sp³-hybridized carbons (Fsp3) is 0.133. The number of aliphatic hydroxyl groups is 1. The van der Waals surface area contributed by atoms with E-state index in [1.165, 1.54) is 6.08 Å². The number of anilines is 1. The molecule has 0 aliphatic heterocycles. The third kappa shape index (κ3) is 3.56. The highest BCUT2D eigenvalue weighted by Gasteiger charge is 2.08. The highest BCUT2D eigenvalue weighted by atomic mass is 16.3. The number of carbonyl (C=O) groups is 1. The molecule has 0 aliphatic rings. The summed E-state index contributed by atoms with van der Waals surface area (Å²) < 4.78 is 5.09. The minimum atomic E-state index is -0.634. The van der Waals surface area contributed by atoms with Gasteiger partial charge in [0.2, 0.25) is 5.91 Å². The normalized spacial score (nSPS) is 12.5. The predicted molar refractivity (Wildman–Crippen MR) is 73.4 cm³/mol. The summed E-state index contributed by atoms with van der Waals surface area (Å²) in [6, 6.07) is 10.7. The van der Waals surface area contributed by atoms with Crippen molar-refractivity contribution in [3.63, 3.8) is 0 Å². The van der Waals surface area contributed by atoms with E-state index in [2.05, 4.69) is 5.32 Å². The van der Waals surface area contributed by atoms with Crippen molar-refractivity contribution < 1.29 is 14.3 Å². The van der Waals surface area contributed by atoms with Gasteiger partial charge in [-0.2, -0.15) is 0 Å². The number of hydrogen-bond acceptors (Lipinski definition) is 3. The Bertz CT molecular complexity index is 571. The third-order valence-corrected chi connectivity index (χ3v) is 2.61. The van der Waals surface area contributed by atoms with Gasteiger partial charge in [0.05, 0.1) is 12.4 Å². The average molecular weight is 257 g/mol. The molecule has 1 aromatic carbocycles. The zero-order valence-corrected chi connectivity index (χ0v) is 10.5. The second-order valence-electron chi connectivity index (χ2n) is 4.10. The fourth-order valence-corrected chi connectivity index (χ4v) is 1.69. The Morgan fingerprint density at radius 3 is 2.79 bits per heavy atom. The number of furan rings is 1. The number of amides is 1. The van der Waals surface area contributed by atoms with Gasteiger partial charge < -0.3 is 14.8 Å². The van der Waals surface area contributed by atoms with Crippen LogP contribution in [0, 0.1) is 0 Å². The van der Waals surface area contributed by atoms with E-state index in [1.54, 1.807) is 49.6 Å². The van der Waals surface area contributed by atoms with Crippen LogP contribution in [-0.2, 0) is 4.79 Å². The summed E-state index contributed by atoms with van der Waals surface area (Å²) in [5.74, 6) is 0.337. The molecule has 1 heterocycles. The molecular weight excluding hydrogens is 242 g/mol. The van der Waals surface area contributed by atoms with E-state index in [0.29, 0.717) is 17.0 Å². The van der Waals surface area contributed by atoms with E-state index in [1.807, 2.05) is 6.07 Å². The molecule has 4 nitrogen and oxygen atoms in total. The maximum atomic E-state index is 11.8. The largest absolute Gasteiger partial charge is 0.465 e. The number of para-hydroxylation sites is 1. The standard InChI is InChI=1S/C15H15NO3/c1-11(17)13-6-2-3-7-14(13)16-15(18)9-8-12-5-4-10-19-12/h2-11,17H,1H3,(H,16,18). The van der Waals surface area contributed by atoms with E-state index in [9.17, 15) is 9.90 Å². The number of rotatable bonds is 4. The highest BCUT2D eigenvalue weighted by molar-refractivity contribution is 6.02. The first kappa shape index (κ1) is 13.1. The quantitative estimate of drug-likeness (QED) is 0.828. The summed E-state index contributed by atoms with van der Waals surface area (Å²) in [5, 5.41) is 12.3. The maximum Gasteiger partial charge on any atom is 0.248 e. The monoisotopic (exact) mass is 257 g/mol. The molecule has 0 fully saturated rings. The zero-order valence-electron chi connectivity index (χ0n) is 10.5. The van der Waals surface area contributed by atoms with E-state index < -0.39 is 6.10 Å². The summed E-state index contributed by atoms with van der Waals surface area (Å²) in [7, 11) is 0. The fourth-order valence-electron chi connectivity index (χ4n) is 1.69. The summed E-state index contributed by atoms with van der Waals surface area (Å²) >= 11 is 0. The van der Waals surface area contributed by atoms with Crippen LogP contribution < -0.4 is 5.32 Å². The lowest BCUT2D eigenvalue weighted by Gasteiger charge is -2.11. The lowest BCUT2D eigenvalue weighted by Crippen LogP contribution is -2.10. The Balaban J connectivity index is 2.07. The van der Waals surface area contributed by atoms with Gasteiger partial charge in [0.25, 0.3) is 0 Å². The van der Waals surface area contributed by atoms with Crippen molar-refractivity contribution in [3.8, 4) is 0 Å². The minimum Gasteiger partial charge on any atom is -0.465 e. The van der Waals surface area contributed by atoms with Crippen molar-refractivity contribution in [2.45, 2.75) is 13.0 Å². The molecule has 2 N–H and O–H groups in total. The Kier molecular flexibility index (Phi) is 4.15. The molecule has 2 aromatic rings. The van der Waals surface area contributed by atoms with Crippen LogP contribution >= 0.6 is 0 Å². The first-order chi connectivity index (χ1) is 9.16. The Hall–Kier alpha value is -2.33. The summed E-state index contributed by atoms with van der Waals surface area (Å²) in [6.07, 6.45) is 3.88. The van der Waals surface area contributed by atoms with Crippen molar-refractivity contribution in [1.29, 1.82) is 0 Å². The lowest BCUT2D eigenvalue weighted by atomic mass is 10.1. The summed E-state index contributed by atoms with van der Waals surface area (Å²) in [5.41, 5.74) is 1.29.